The number of amides is 1. The molecule has 3 aromatic rings. The van der Waals surface area contributed by atoms with Gasteiger partial charge >= 0.3 is 0 Å². The molecule has 2 aromatic heterocycles. The number of aryl methyl sites for hydroxylation is 2. The smallest absolute Gasteiger partial charge is 0.235 e. The first-order chi connectivity index (χ1) is 16.2. The fraction of sp³-hybridized carbons (Fsp3) is 0.519. The van der Waals surface area contributed by atoms with Gasteiger partial charge in [0.15, 0.2) is 0 Å². The van der Waals surface area contributed by atoms with E-state index >= 15 is 0 Å². The molecule has 7 nitrogen and oxygen atoms in total. The van der Waals surface area contributed by atoms with Crippen molar-refractivity contribution in [3.63, 3.8) is 0 Å². The summed E-state index contributed by atoms with van der Waals surface area (Å²) < 4.78 is 0. The number of aromatic nitrogens is 4. The van der Waals surface area contributed by atoms with Gasteiger partial charge in [-0.15, -0.1) is 0 Å². The van der Waals surface area contributed by atoms with Gasteiger partial charge in [0.25, 0.3) is 0 Å². The first-order valence-corrected chi connectivity index (χ1v) is 12.3. The van der Waals surface area contributed by atoms with Crippen LogP contribution in [0.15, 0.2) is 30.6 Å². The van der Waals surface area contributed by atoms with Crippen LogP contribution in [-0.4, -0.2) is 56.9 Å². The molecule has 0 spiro atoms. The Hall–Kier alpha value is -3.09. The molecule has 7 heteroatoms. The fourth-order valence-corrected chi connectivity index (χ4v) is 6.67. The lowest BCUT2D eigenvalue weighted by Gasteiger charge is -2.44. The highest BCUT2D eigenvalue weighted by molar-refractivity contribution is 5.93. The van der Waals surface area contributed by atoms with Crippen molar-refractivity contribution >= 4 is 22.9 Å². The maximum Gasteiger partial charge on any atom is 0.235 e. The lowest BCUT2D eigenvalue weighted by atomic mass is 9.63. The van der Waals surface area contributed by atoms with Crippen LogP contribution in [0.4, 0.5) is 5.95 Å². The Morgan fingerprint density at radius 3 is 2.06 bits per heavy atom. The summed E-state index contributed by atoms with van der Waals surface area (Å²) in [6, 6.07) is 6.09. The van der Waals surface area contributed by atoms with Gasteiger partial charge in [0, 0.05) is 44.0 Å². The van der Waals surface area contributed by atoms with Crippen molar-refractivity contribution in [2.24, 2.45) is 5.41 Å². The maximum atomic E-state index is 14.4. The third-order valence-electron chi connectivity index (χ3n) is 9.42. The van der Waals surface area contributed by atoms with Crippen molar-refractivity contribution in [1.82, 2.24) is 24.8 Å². The predicted octanol–water partition coefficient (Wildman–Crippen LogP) is 3.71. The molecule has 3 aliphatic rings. The van der Waals surface area contributed by atoms with Crippen molar-refractivity contribution < 1.29 is 4.79 Å². The second-order valence-corrected chi connectivity index (χ2v) is 11.0. The molecule has 176 valence electrons. The van der Waals surface area contributed by atoms with Crippen molar-refractivity contribution in [2.45, 2.75) is 58.3 Å². The molecule has 2 atom stereocenters. The highest BCUT2D eigenvalue weighted by atomic mass is 16.2. The largest absolute Gasteiger partial charge is 0.338 e. The summed E-state index contributed by atoms with van der Waals surface area (Å²) >= 11 is 0. The Labute approximate surface area is 200 Å². The van der Waals surface area contributed by atoms with Crippen LogP contribution in [-0.2, 0) is 15.6 Å². The number of carbonyl (C=O) groups is 1. The van der Waals surface area contributed by atoms with Gasteiger partial charge in [0.05, 0.1) is 27.8 Å². The fourth-order valence-electron chi connectivity index (χ4n) is 6.67. The van der Waals surface area contributed by atoms with E-state index in [1.165, 1.54) is 11.1 Å². The quantitative estimate of drug-likeness (QED) is 0.585. The van der Waals surface area contributed by atoms with Gasteiger partial charge in [-0.3, -0.25) is 4.79 Å². The SMILES string of the molecule is Cc1cc2nc3c(nc2cc1C)C1(C(=O)N2CCN(c4ncccn4)CC2)CCC3(C)C1(C)C. The van der Waals surface area contributed by atoms with Crippen LogP contribution in [0.25, 0.3) is 11.0 Å². The van der Waals surface area contributed by atoms with Gasteiger partial charge in [0.1, 0.15) is 0 Å². The number of anilines is 1. The first-order valence-electron chi connectivity index (χ1n) is 12.3. The summed E-state index contributed by atoms with van der Waals surface area (Å²) in [7, 11) is 0. The number of hydrogen-bond donors (Lipinski definition) is 0. The zero-order valence-corrected chi connectivity index (χ0v) is 20.7. The van der Waals surface area contributed by atoms with Crippen LogP contribution in [0.5, 0.6) is 0 Å². The van der Waals surface area contributed by atoms with E-state index in [9.17, 15) is 4.79 Å². The molecule has 2 aliphatic carbocycles. The minimum absolute atomic E-state index is 0.169. The van der Waals surface area contributed by atoms with E-state index < -0.39 is 5.41 Å². The molecule has 2 fully saturated rings. The highest BCUT2D eigenvalue weighted by Gasteiger charge is 2.73. The van der Waals surface area contributed by atoms with Gasteiger partial charge in [0.2, 0.25) is 11.9 Å². The van der Waals surface area contributed by atoms with E-state index in [1.54, 1.807) is 12.4 Å². The van der Waals surface area contributed by atoms with Gasteiger partial charge in [-0.2, -0.15) is 0 Å². The zero-order valence-electron chi connectivity index (χ0n) is 20.7. The molecule has 1 aliphatic heterocycles. The van der Waals surface area contributed by atoms with E-state index in [0.29, 0.717) is 13.1 Å². The molecule has 34 heavy (non-hydrogen) atoms. The Kier molecular flexibility index (Phi) is 4.39. The van der Waals surface area contributed by atoms with Gasteiger partial charge in [-0.05, 0) is 61.4 Å². The molecule has 2 bridgehead atoms. The van der Waals surface area contributed by atoms with Gasteiger partial charge < -0.3 is 9.80 Å². The summed E-state index contributed by atoms with van der Waals surface area (Å²) in [6.45, 7) is 13.8. The van der Waals surface area contributed by atoms with Gasteiger partial charge in [-0.1, -0.05) is 20.8 Å². The number of benzene rings is 1. The molecule has 3 heterocycles. The van der Waals surface area contributed by atoms with Gasteiger partial charge in [-0.25, -0.2) is 19.9 Å². The normalized spacial score (nSPS) is 27.3. The number of carbonyl (C=O) groups excluding carboxylic acids is 1. The Bertz CT molecular complexity index is 1310. The second kappa shape index (κ2) is 6.96. The van der Waals surface area contributed by atoms with E-state index in [2.05, 4.69) is 61.6 Å². The summed E-state index contributed by atoms with van der Waals surface area (Å²) in [5.41, 5.74) is 5.14. The number of nitrogens with zero attached hydrogens (tertiary/aromatic N) is 6. The van der Waals surface area contributed by atoms with Crippen LogP contribution < -0.4 is 4.90 Å². The molecular weight excluding hydrogens is 424 g/mol. The van der Waals surface area contributed by atoms with Crippen molar-refractivity contribution in [2.75, 3.05) is 31.1 Å². The number of hydrogen-bond acceptors (Lipinski definition) is 6. The average Bonchev–Trinajstić information content (AvgIpc) is 3.13. The van der Waals surface area contributed by atoms with E-state index in [1.807, 2.05) is 11.0 Å². The topological polar surface area (TPSA) is 75.1 Å². The highest BCUT2D eigenvalue weighted by Crippen LogP contribution is 2.70. The third kappa shape index (κ3) is 2.55. The Balaban J connectivity index is 1.40. The molecule has 1 saturated carbocycles. The first kappa shape index (κ1) is 21.4. The van der Waals surface area contributed by atoms with Crippen LogP contribution >= 0.6 is 0 Å². The number of piperazine rings is 1. The third-order valence-corrected chi connectivity index (χ3v) is 9.42. The minimum Gasteiger partial charge on any atom is -0.338 e. The van der Waals surface area contributed by atoms with Crippen molar-refractivity contribution in [3.05, 3.63) is 53.1 Å². The summed E-state index contributed by atoms with van der Waals surface area (Å²) in [5.74, 6) is 0.946. The van der Waals surface area contributed by atoms with Crippen LogP contribution in [0.3, 0.4) is 0 Å². The zero-order chi connectivity index (χ0) is 23.9. The maximum absolute atomic E-state index is 14.4. The molecule has 0 N–H and O–H groups in total. The molecule has 1 amide bonds. The van der Waals surface area contributed by atoms with Crippen molar-refractivity contribution in [1.29, 1.82) is 0 Å². The second-order valence-electron chi connectivity index (χ2n) is 11.0. The number of fused-ring (bicyclic) bond motifs is 6. The Morgan fingerprint density at radius 2 is 1.44 bits per heavy atom. The van der Waals surface area contributed by atoms with Crippen LogP contribution in [0.1, 0.15) is 56.1 Å². The summed E-state index contributed by atoms with van der Waals surface area (Å²) in [6.07, 6.45) is 5.32. The number of rotatable bonds is 2. The van der Waals surface area contributed by atoms with Crippen LogP contribution in [0.2, 0.25) is 0 Å². The predicted molar refractivity (Wildman–Crippen MR) is 132 cm³/mol. The van der Waals surface area contributed by atoms with Crippen LogP contribution in [0, 0.1) is 19.3 Å². The van der Waals surface area contributed by atoms with Crippen molar-refractivity contribution in [3.8, 4) is 0 Å². The molecule has 1 aromatic carbocycles. The molecule has 0 radical (unpaired) electrons. The molecular formula is C27H32N6O. The lowest BCUT2D eigenvalue weighted by Crippen LogP contribution is -2.57. The average molecular weight is 457 g/mol. The van der Waals surface area contributed by atoms with E-state index in [-0.39, 0.29) is 16.7 Å². The molecule has 2 unspecified atom stereocenters. The van der Waals surface area contributed by atoms with E-state index in [4.69, 9.17) is 9.97 Å². The molecule has 6 rings (SSSR count). The summed E-state index contributed by atoms with van der Waals surface area (Å²) in [4.78, 5) is 37.8. The monoisotopic (exact) mass is 456 g/mol. The molecule has 1 saturated heterocycles. The lowest BCUT2D eigenvalue weighted by molar-refractivity contribution is -0.141. The standard InChI is InChI=1S/C27H32N6O/c1-17-15-19-20(16-18(17)2)31-22-21(30-19)26(5)7-8-27(22,25(26,3)4)23(34)32-11-13-33(14-12-32)24-28-9-6-10-29-24/h6,9-10,15-16H,7-8,11-14H2,1-5H3. The Morgan fingerprint density at radius 1 is 0.853 bits per heavy atom. The van der Waals surface area contributed by atoms with E-state index in [0.717, 1.165) is 54.3 Å². The summed E-state index contributed by atoms with van der Waals surface area (Å²) in [5, 5.41) is 0. The minimum atomic E-state index is -0.636.